The minimum absolute atomic E-state index is 0.382. The number of hydrogen-bond donors (Lipinski definition) is 1. The standard InChI is InChI=1S/C13H24N2O/c1-3-7-14-12-6-8-15(9-10(12)2)13(16)11-4-5-11/h10-12,14H,3-9H2,1-2H3. The van der Waals surface area contributed by atoms with Gasteiger partial charge in [-0.25, -0.2) is 0 Å². The molecule has 16 heavy (non-hydrogen) atoms. The largest absolute Gasteiger partial charge is 0.342 e. The number of nitrogens with zero attached hydrogens (tertiary/aromatic N) is 1. The normalized spacial score (nSPS) is 30.5. The number of likely N-dealkylation sites (tertiary alicyclic amines) is 1. The van der Waals surface area contributed by atoms with Gasteiger partial charge in [0.15, 0.2) is 0 Å². The van der Waals surface area contributed by atoms with Gasteiger partial charge >= 0.3 is 0 Å². The number of carbonyl (C=O) groups excluding carboxylic acids is 1. The first-order valence-electron chi connectivity index (χ1n) is 6.74. The van der Waals surface area contributed by atoms with Crippen molar-refractivity contribution in [3.05, 3.63) is 0 Å². The number of carbonyl (C=O) groups is 1. The van der Waals surface area contributed by atoms with Crippen molar-refractivity contribution >= 4 is 5.91 Å². The summed E-state index contributed by atoms with van der Waals surface area (Å²) in [6.07, 6.45) is 4.57. The van der Waals surface area contributed by atoms with Crippen LogP contribution in [0.3, 0.4) is 0 Å². The average molecular weight is 224 g/mol. The average Bonchev–Trinajstić information content (AvgIpc) is 3.10. The molecule has 3 nitrogen and oxygen atoms in total. The van der Waals surface area contributed by atoms with Gasteiger partial charge in [-0.3, -0.25) is 4.79 Å². The molecule has 0 bridgehead atoms. The zero-order valence-electron chi connectivity index (χ0n) is 10.5. The number of nitrogens with one attached hydrogen (secondary N) is 1. The lowest BCUT2D eigenvalue weighted by molar-refractivity contribution is -0.134. The van der Waals surface area contributed by atoms with Gasteiger partial charge in [-0.05, 0) is 38.1 Å². The summed E-state index contributed by atoms with van der Waals surface area (Å²) in [7, 11) is 0. The van der Waals surface area contributed by atoms with Crippen molar-refractivity contribution in [2.75, 3.05) is 19.6 Å². The SMILES string of the molecule is CCCNC1CCN(C(=O)C2CC2)CC1C. The molecule has 0 aromatic rings. The molecule has 1 aliphatic heterocycles. The van der Waals surface area contributed by atoms with Gasteiger partial charge < -0.3 is 10.2 Å². The van der Waals surface area contributed by atoms with E-state index < -0.39 is 0 Å². The third-order valence-electron chi connectivity index (χ3n) is 3.80. The Labute approximate surface area is 98.6 Å². The highest BCUT2D eigenvalue weighted by atomic mass is 16.2. The molecule has 1 saturated carbocycles. The zero-order valence-corrected chi connectivity index (χ0v) is 10.5. The fourth-order valence-electron chi connectivity index (χ4n) is 2.57. The topological polar surface area (TPSA) is 32.3 Å². The zero-order chi connectivity index (χ0) is 11.5. The van der Waals surface area contributed by atoms with Crippen molar-refractivity contribution in [2.24, 2.45) is 11.8 Å². The van der Waals surface area contributed by atoms with E-state index in [0.717, 1.165) is 38.9 Å². The van der Waals surface area contributed by atoms with Gasteiger partial charge in [0.25, 0.3) is 0 Å². The fraction of sp³-hybridized carbons (Fsp3) is 0.923. The lowest BCUT2D eigenvalue weighted by atomic mass is 9.93. The van der Waals surface area contributed by atoms with E-state index in [0.29, 0.717) is 23.8 Å². The Morgan fingerprint density at radius 3 is 2.69 bits per heavy atom. The van der Waals surface area contributed by atoms with Gasteiger partial charge in [0.1, 0.15) is 0 Å². The van der Waals surface area contributed by atoms with Crippen LogP contribution >= 0.6 is 0 Å². The molecule has 2 atom stereocenters. The molecular weight excluding hydrogens is 200 g/mol. The van der Waals surface area contributed by atoms with Gasteiger partial charge in [0, 0.05) is 25.0 Å². The van der Waals surface area contributed by atoms with Gasteiger partial charge in [-0.1, -0.05) is 13.8 Å². The van der Waals surface area contributed by atoms with E-state index in [1.807, 2.05) is 0 Å². The molecule has 1 aliphatic carbocycles. The number of rotatable bonds is 4. The van der Waals surface area contributed by atoms with E-state index in [9.17, 15) is 4.79 Å². The van der Waals surface area contributed by atoms with E-state index in [-0.39, 0.29) is 0 Å². The second-order valence-electron chi connectivity index (χ2n) is 5.39. The summed E-state index contributed by atoms with van der Waals surface area (Å²) in [6.45, 7) is 7.48. The molecule has 1 N–H and O–H groups in total. The van der Waals surface area contributed by atoms with E-state index in [1.165, 1.54) is 6.42 Å². The summed E-state index contributed by atoms with van der Waals surface area (Å²) >= 11 is 0. The van der Waals surface area contributed by atoms with Crippen molar-refractivity contribution in [1.82, 2.24) is 10.2 Å². The molecule has 1 saturated heterocycles. The van der Waals surface area contributed by atoms with E-state index in [4.69, 9.17) is 0 Å². The second kappa shape index (κ2) is 5.17. The predicted molar refractivity (Wildman–Crippen MR) is 65.2 cm³/mol. The summed E-state index contributed by atoms with van der Waals surface area (Å²) in [5.74, 6) is 1.40. The molecular formula is C13H24N2O. The van der Waals surface area contributed by atoms with Crippen LogP contribution in [0, 0.1) is 11.8 Å². The van der Waals surface area contributed by atoms with E-state index in [2.05, 4.69) is 24.1 Å². The van der Waals surface area contributed by atoms with Gasteiger partial charge in [-0.2, -0.15) is 0 Å². The van der Waals surface area contributed by atoms with Crippen LogP contribution in [0.5, 0.6) is 0 Å². The summed E-state index contributed by atoms with van der Waals surface area (Å²) in [4.78, 5) is 14.0. The Morgan fingerprint density at radius 1 is 1.38 bits per heavy atom. The Bertz CT molecular complexity index is 250. The summed E-state index contributed by atoms with van der Waals surface area (Å²) in [5, 5.41) is 3.59. The smallest absolute Gasteiger partial charge is 0.225 e. The van der Waals surface area contributed by atoms with Crippen LogP contribution in [0.1, 0.15) is 39.5 Å². The first-order valence-corrected chi connectivity index (χ1v) is 6.74. The summed E-state index contributed by atoms with van der Waals surface area (Å²) < 4.78 is 0. The monoisotopic (exact) mass is 224 g/mol. The van der Waals surface area contributed by atoms with Crippen molar-refractivity contribution in [2.45, 2.75) is 45.6 Å². The maximum Gasteiger partial charge on any atom is 0.225 e. The molecule has 2 fully saturated rings. The molecule has 1 heterocycles. The van der Waals surface area contributed by atoms with Crippen molar-refractivity contribution in [3.8, 4) is 0 Å². The summed E-state index contributed by atoms with van der Waals surface area (Å²) in [5.41, 5.74) is 0. The molecule has 2 unspecified atom stereocenters. The van der Waals surface area contributed by atoms with Crippen LogP contribution in [-0.4, -0.2) is 36.5 Å². The molecule has 0 radical (unpaired) electrons. The van der Waals surface area contributed by atoms with Crippen LogP contribution in [-0.2, 0) is 4.79 Å². The van der Waals surface area contributed by atoms with Crippen molar-refractivity contribution < 1.29 is 4.79 Å². The molecule has 0 aromatic heterocycles. The Kier molecular flexibility index (Phi) is 3.85. The summed E-state index contributed by atoms with van der Waals surface area (Å²) in [6, 6.07) is 0.614. The predicted octanol–water partition coefficient (Wildman–Crippen LogP) is 1.63. The first kappa shape index (κ1) is 11.9. The molecule has 1 amide bonds. The van der Waals surface area contributed by atoms with E-state index in [1.54, 1.807) is 0 Å². The number of piperidine rings is 1. The third-order valence-corrected chi connectivity index (χ3v) is 3.80. The van der Waals surface area contributed by atoms with Crippen LogP contribution < -0.4 is 5.32 Å². The molecule has 92 valence electrons. The highest BCUT2D eigenvalue weighted by Gasteiger charge is 2.36. The first-order chi connectivity index (χ1) is 7.72. The van der Waals surface area contributed by atoms with Crippen molar-refractivity contribution in [3.63, 3.8) is 0 Å². The van der Waals surface area contributed by atoms with E-state index >= 15 is 0 Å². The third kappa shape index (κ3) is 2.76. The molecule has 2 aliphatic rings. The fourth-order valence-corrected chi connectivity index (χ4v) is 2.57. The maximum absolute atomic E-state index is 11.9. The Morgan fingerprint density at radius 2 is 2.12 bits per heavy atom. The number of hydrogen-bond acceptors (Lipinski definition) is 2. The lowest BCUT2D eigenvalue weighted by Crippen LogP contribution is -2.50. The van der Waals surface area contributed by atoms with Gasteiger partial charge in [0.2, 0.25) is 5.91 Å². The van der Waals surface area contributed by atoms with Gasteiger partial charge in [-0.15, -0.1) is 0 Å². The molecule has 2 rings (SSSR count). The minimum atomic E-state index is 0.382. The van der Waals surface area contributed by atoms with Crippen LogP contribution in [0.15, 0.2) is 0 Å². The van der Waals surface area contributed by atoms with Gasteiger partial charge in [0.05, 0.1) is 0 Å². The maximum atomic E-state index is 11.9. The highest BCUT2D eigenvalue weighted by Crippen LogP contribution is 2.32. The van der Waals surface area contributed by atoms with Crippen molar-refractivity contribution in [1.29, 1.82) is 0 Å². The number of amides is 1. The van der Waals surface area contributed by atoms with Crippen LogP contribution in [0.2, 0.25) is 0 Å². The molecule has 3 heteroatoms. The highest BCUT2D eigenvalue weighted by molar-refractivity contribution is 5.81. The Balaban J connectivity index is 1.79. The quantitative estimate of drug-likeness (QED) is 0.787. The van der Waals surface area contributed by atoms with Crippen LogP contribution in [0.4, 0.5) is 0 Å². The second-order valence-corrected chi connectivity index (χ2v) is 5.39. The van der Waals surface area contributed by atoms with Crippen LogP contribution in [0.25, 0.3) is 0 Å². The Hall–Kier alpha value is -0.570. The lowest BCUT2D eigenvalue weighted by Gasteiger charge is -2.37. The molecule has 0 spiro atoms. The minimum Gasteiger partial charge on any atom is -0.342 e. The molecule has 0 aromatic carbocycles.